The second-order valence-electron chi connectivity index (χ2n) is 9.02. The molecule has 0 bridgehead atoms. The third-order valence-electron chi connectivity index (χ3n) is 5.87. The van der Waals surface area contributed by atoms with Crippen LogP contribution in [0.2, 0.25) is 0 Å². The second-order valence-corrected chi connectivity index (χ2v) is 12.3. The van der Waals surface area contributed by atoms with E-state index < -0.39 is 20.0 Å². The van der Waals surface area contributed by atoms with Gasteiger partial charge in [0.05, 0.1) is 26.2 Å². The van der Waals surface area contributed by atoms with Crippen LogP contribution in [0.3, 0.4) is 0 Å². The number of sulfonamides is 2. The molecule has 1 aliphatic heterocycles. The summed E-state index contributed by atoms with van der Waals surface area (Å²) >= 11 is 0. The molecular weight excluding hydrogens is 502 g/mol. The van der Waals surface area contributed by atoms with Crippen LogP contribution < -0.4 is 19.5 Å². The van der Waals surface area contributed by atoms with E-state index in [0.717, 1.165) is 35.4 Å². The number of rotatable bonds is 8. The first-order chi connectivity index (χ1) is 16.9. The van der Waals surface area contributed by atoms with Crippen molar-refractivity contribution in [1.29, 1.82) is 0 Å². The summed E-state index contributed by atoms with van der Waals surface area (Å²) in [5, 5.41) is 4.88. The number of nitrogens with zero attached hydrogens (tertiary/aromatic N) is 1. The molecular formula is C25H29N3O6S2. The highest BCUT2D eigenvalue weighted by molar-refractivity contribution is 7.92. The van der Waals surface area contributed by atoms with E-state index in [2.05, 4.69) is 28.3 Å². The smallest absolute Gasteiger partial charge is 0.286 e. The molecule has 0 fully saturated rings. The monoisotopic (exact) mass is 531 g/mol. The van der Waals surface area contributed by atoms with E-state index in [9.17, 15) is 16.8 Å². The average Bonchev–Trinajstić information content (AvgIpc) is 2.80. The minimum atomic E-state index is -4.18. The molecule has 2 N–H and O–H groups in total. The van der Waals surface area contributed by atoms with E-state index in [1.807, 2.05) is 24.3 Å². The first-order valence-corrected chi connectivity index (χ1v) is 14.7. The predicted octanol–water partition coefficient (Wildman–Crippen LogP) is 4.38. The maximum atomic E-state index is 13.3. The van der Waals surface area contributed by atoms with Crippen LogP contribution in [0.25, 0.3) is 10.8 Å². The van der Waals surface area contributed by atoms with Gasteiger partial charge in [-0.2, -0.15) is 8.42 Å². The summed E-state index contributed by atoms with van der Waals surface area (Å²) in [4.78, 5) is -0.140. The van der Waals surface area contributed by atoms with Gasteiger partial charge in [-0.25, -0.2) is 8.42 Å². The number of hydrogen-bond donors (Lipinski definition) is 2. The van der Waals surface area contributed by atoms with Crippen LogP contribution in [0.1, 0.15) is 31.4 Å². The van der Waals surface area contributed by atoms with Gasteiger partial charge < -0.3 is 14.8 Å². The summed E-state index contributed by atoms with van der Waals surface area (Å²) in [6.45, 7) is 4.28. The van der Waals surface area contributed by atoms with Crippen molar-refractivity contribution in [1.82, 2.24) is 0 Å². The molecule has 0 saturated heterocycles. The number of aryl methyl sites for hydroxylation is 1. The van der Waals surface area contributed by atoms with Gasteiger partial charge in [-0.15, -0.1) is 4.40 Å². The third-order valence-corrected chi connectivity index (χ3v) is 7.79. The topological polar surface area (TPSA) is 123 Å². The molecule has 11 heteroatoms. The molecule has 0 unspecified atom stereocenters. The Labute approximate surface area is 211 Å². The van der Waals surface area contributed by atoms with Crippen LogP contribution >= 0.6 is 0 Å². The molecule has 4 rings (SSSR count). The fraction of sp³-hybridized carbons (Fsp3) is 0.320. The highest BCUT2D eigenvalue weighted by Crippen LogP contribution is 2.44. The van der Waals surface area contributed by atoms with Crippen molar-refractivity contribution in [3.8, 4) is 11.5 Å². The van der Waals surface area contributed by atoms with Crippen molar-refractivity contribution in [2.45, 2.75) is 31.6 Å². The number of methoxy groups -OCH3 is 2. The lowest BCUT2D eigenvalue weighted by atomic mass is 9.92. The Kier molecular flexibility index (Phi) is 6.89. The SMILES string of the molecule is COc1c(C2=NS(=O)(=O)c3cc(NS(C)(=O)=O)ccc3N2)c(OC)c2ccccc2c1CCC(C)C. The Balaban J connectivity index is 1.95. The molecule has 1 heterocycles. The molecule has 0 atom stereocenters. The lowest BCUT2D eigenvalue weighted by Gasteiger charge is -2.25. The van der Waals surface area contributed by atoms with Crippen molar-refractivity contribution in [3.63, 3.8) is 0 Å². The number of amidine groups is 1. The van der Waals surface area contributed by atoms with Gasteiger partial charge in [-0.1, -0.05) is 38.1 Å². The predicted molar refractivity (Wildman–Crippen MR) is 142 cm³/mol. The molecule has 1 aliphatic rings. The molecule has 3 aromatic rings. The summed E-state index contributed by atoms with van der Waals surface area (Å²) in [6.07, 6.45) is 2.61. The Bertz CT molecular complexity index is 1580. The number of hydrogen-bond acceptors (Lipinski definition) is 7. The van der Waals surface area contributed by atoms with Crippen LogP contribution in [0, 0.1) is 5.92 Å². The molecule has 0 saturated carbocycles. The number of ether oxygens (including phenoxy) is 2. The third kappa shape index (κ3) is 4.98. The molecule has 0 aromatic heterocycles. The van der Waals surface area contributed by atoms with Gasteiger partial charge in [0.25, 0.3) is 10.0 Å². The van der Waals surface area contributed by atoms with Crippen molar-refractivity contribution >= 4 is 48.0 Å². The van der Waals surface area contributed by atoms with Crippen LogP contribution in [-0.4, -0.2) is 43.1 Å². The average molecular weight is 532 g/mol. The summed E-state index contributed by atoms with van der Waals surface area (Å²) in [7, 11) is -4.70. The minimum absolute atomic E-state index is 0.0663. The van der Waals surface area contributed by atoms with E-state index in [1.165, 1.54) is 25.3 Å². The van der Waals surface area contributed by atoms with E-state index in [4.69, 9.17) is 9.47 Å². The minimum Gasteiger partial charge on any atom is -0.496 e. The largest absolute Gasteiger partial charge is 0.496 e. The van der Waals surface area contributed by atoms with E-state index in [-0.39, 0.29) is 22.1 Å². The van der Waals surface area contributed by atoms with Crippen molar-refractivity contribution in [3.05, 3.63) is 53.6 Å². The van der Waals surface area contributed by atoms with Crippen molar-refractivity contribution in [2.75, 3.05) is 30.5 Å². The molecule has 3 aromatic carbocycles. The quantitative estimate of drug-likeness (QED) is 0.442. The Hall–Kier alpha value is -3.31. The fourth-order valence-electron chi connectivity index (χ4n) is 4.33. The molecule has 0 spiro atoms. The maximum absolute atomic E-state index is 13.3. The highest BCUT2D eigenvalue weighted by atomic mass is 32.2. The zero-order chi connectivity index (χ0) is 26.3. The number of benzene rings is 3. The zero-order valence-corrected chi connectivity index (χ0v) is 22.4. The molecule has 0 aliphatic carbocycles. The van der Waals surface area contributed by atoms with E-state index in [1.54, 1.807) is 7.11 Å². The maximum Gasteiger partial charge on any atom is 0.286 e. The van der Waals surface area contributed by atoms with Crippen LogP contribution in [0.5, 0.6) is 11.5 Å². The van der Waals surface area contributed by atoms with Gasteiger partial charge in [0.2, 0.25) is 10.0 Å². The summed E-state index contributed by atoms with van der Waals surface area (Å²) < 4.78 is 67.7. The van der Waals surface area contributed by atoms with Crippen molar-refractivity contribution < 1.29 is 26.3 Å². The fourth-order valence-corrected chi connectivity index (χ4v) is 6.04. The van der Waals surface area contributed by atoms with Crippen LogP contribution in [0.4, 0.5) is 11.4 Å². The van der Waals surface area contributed by atoms with Crippen LogP contribution in [-0.2, 0) is 26.5 Å². The summed E-state index contributed by atoms with van der Waals surface area (Å²) in [5.74, 6) is 1.45. The molecule has 0 amide bonds. The van der Waals surface area contributed by atoms with E-state index in [0.29, 0.717) is 23.0 Å². The molecule has 36 heavy (non-hydrogen) atoms. The lowest BCUT2D eigenvalue weighted by molar-refractivity contribution is 0.392. The molecule has 192 valence electrons. The zero-order valence-electron chi connectivity index (χ0n) is 20.7. The standard InChI is InChI=1S/C25H29N3O6S2/c1-15(2)10-12-19-17-8-6-7-9-18(17)23(33-3)22(24(19)34-4)25-26-20-13-11-16(27-35(5,29)30)14-21(20)36(31,32)28-25/h6-9,11,13-15,27H,10,12H2,1-5H3,(H,26,28). The lowest BCUT2D eigenvalue weighted by Crippen LogP contribution is -2.24. The molecule has 0 radical (unpaired) electrons. The highest BCUT2D eigenvalue weighted by Gasteiger charge is 2.31. The summed E-state index contributed by atoms with van der Waals surface area (Å²) in [6, 6.07) is 12.0. The van der Waals surface area contributed by atoms with Gasteiger partial charge in [0.15, 0.2) is 5.84 Å². The first kappa shape index (κ1) is 25.8. The number of anilines is 2. The number of fused-ring (bicyclic) bond motifs is 2. The second kappa shape index (κ2) is 9.62. The normalized spacial score (nSPS) is 14.7. The van der Waals surface area contributed by atoms with Gasteiger partial charge in [0.1, 0.15) is 22.0 Å². The van der Waals surface area contributed by atoms with Crippen molar-refractivity contribution in [2.24, 2.45) is 10.3 Å². The Morgan fingerprint density at radius 1 is 1.03 bits per heavy atom. The van der Waals surface area contributed by atoms with Gasteiger partial charge in [-0.3, -0.25) is 4.72 Å². The first-order valence-electron chi connectivity index (χ1n) is 11.3. The Morgan fingerprint density at radius 2 is 1.69 bits per heavy atom. The van der Waals surface area contributed by atoms with Gasteiger partial charge in [-0.05, 0) is 42.3 Å². The number of nitrogens with one attached hydrogen (secondary N) is 2. The summed E-state index contributed by atoms with van der Waals surface area (Å²) in [5.41, 5.74) is 1.74. The Morgan fingerprint density at radius 3 is 2.31 bits per heavy atom. The molecule has 9 nitrogen and oxygen atoms in total. The van der Waals surface area contributed by atoms with Gasteiger partial charge in [0, 0.05) is 16.6 Å². The van der Waals surface area contributed by atoms with Crippen LogP contribution in [0.15, 0.2) is 51.8 Å². The van der Waals surface area contributed by atoms with Gasteiger partial charge >= 0.3 is 0 Å². The van der Waals surface area contributed by atoms with E-state index >= 15 is 0 Å².